The second kappa shape index (κ2) is 19.9. The number of nitrogen functional groups attached to an aromatic ring is 1. The summed E-state index contributed by atoms with van der Waals surface area (Å²) in [5.74, 6) is -2.59. The lowest BCUT2D eigenvalue weighted by Gasteiger charge is -2.41. The van der Waals surface area contributed by atoms with Crippen molar-refractivity contribution in [1.29, 1.82) is 0 Å². The number of nitrogens with zero attached hydrogens (tertiary/aromatic N) is 4. The zero-order chi connectivity index (χ0) is 40.5. The van der Waals surface area contributed by atoms with E-state index in [1.165, 1.54) is 38.5 Å². The van der Waals surface area contributed by atoms with E-state index in [-0.39, 0.29) is 47.6 Å². The Morgan fingerprint density at radius 3 is 1.98 bits per heavy atom. The van der Waals surface area contributed by atoms with Crippen molar-refractivity contribution >= 4 is 45.0 Å². The Bertz CT molecular complexity index is 1480. The molecule has 0 bridgehead atoms. The number of ether oxygens (including phenoxy) is 2. The highest BCUT2D eigenvalue weighted by Gasteiger charge is 2.44. The van der Waals surface area contributed by atoms with Crippen molar-refractivity contribution in [3.63, 3.8) is 0 Å². The number of likely N-dealkylation sites (tertiary alicyclic amines) is 1. The van der Waals surface area contributed by atoms with Crippen molar-refractivity contribution in [2.75, 3.05) is 58.2 Å². The van der Waals surface area contributed by atoms with Crippen LogP contribution in [0.4, 0.5) is 11.4 Å². The summed E-state index contributed by atoms with van der Waals surface area (Å²) in [7, 11) is 4.33. The third-order valence-corrected chi connectivity index (χ3v) is 11.6. The summed E-state index contributed by atoms with van der Waals surface area (Å²) in [5, 5.41) is 3.01. The SMILES string of the molecule is CC[C@H](C)[C@@H]([C@@H](CC(=O)N1CCC[C@H]1[C@H](OC)[C@@H](C)C(=O)N(c1ccc(N)cc1)S(C)(=O)=O)OC)N(C)C(=O)[C@@H](NC(=O)[C@H](C(C)C)N(C)C)C(C)C. The van der Waals surface area contributed by atoms with Crippen LogP contribution in [-0.4, -0.2) is 131 Å². The molecule has 1 heterocycles. The molecule has 3 N–H and O–H groups in total. The molecule has 15 heteroatoms. The Kier molecular flexibility index (Phi) is 17.2. The van der Waals surface area contributed by atoms with E-state index >= 15 is 0 Å². The minimum Gasteiger partial charge on any atom is -0.399 e. The second-order valence-corrected chi connectivity index (χ2v) is 17.3. The largest absolute Gasteiger partial charge is 0.399 e. The maximum atomic E-state index is 14.2. The van der Waals surface area contributed by atoms with Crippen LogP contribution >= 0.6 is 0 Å². The highest BCUT2D eigenvalue weighted by atomic mass is 32.2. The summed E-state index contributed by atoms with van der Waals surface area (Å²) in [4.78, 5) is 60.9. The molecule has 1 aromatic carbocycles. The molecule has 1 aromatic rings. The first-order valence-corrected chi connectivity index (χ1v) is 20.5. The van der Waals surface area contributed by atoms with E-state index in [9.17, 15) is 27.6 Å². The van der Waals surface area contributed by atoms with E-state index in [0.717, 1.165) is 10.6 Å². The van der Waals surface area contributed by atoms with Crippen molar-refractivity contribution in [3.8, 4) is 0 Å². The molecule has 14 nitrogen and oxygen atoms in total. The number of methoxy groups -OCH3 is 2. The fourth-order valence-corrected chi connectivity index (χ4v) is 8.68. The number of likely N-dealkylation sites (N-methyl/N-ethyl adjacent to an activating group) is 2. The second-order valence-electron chi connectivity index (χ2n) is 15.4. The number of carbonyl (C=O) groups is 4. The topological polar surface area (TPSA) is 172 Å². The first kappa shape index (κ1) is 45.9. The fourth-order valence-electron chi connectivity index (χ4n) is 7.68. The van der Waals surface area contributed by atoms with Gasteiger partial charge < -0.3 is 30.3 Å². The van der Waals surface area contributed by atoms with E-state index in [0.29, 0.717) is 31.5 Å². The molecule has 0 spiro atoms. The van der Waals surface area contributed by atoms with Crippen molar-refractivity contribution in [3.05, 3.63) is 24.3 Å². The van der Waals surface area contributed by atoms with Gasteiger partial charge in [0.1, 0.15) is 6.04 Å². The van der Waals surface area contributed by atoms with Gasteiger partial charge in [-0.15, -0.1) is 0 Å². The van der Waals surface area contributed by atoms with Crippen LogP contribution in [0, 0.1) is 23.7 Å². The molecule has 1 aliphatic rings. The predicted molar refractivity (Wildman–Crippen MR) is 208 cm³/mol. The van der Waals surface area contributed by atoms with Gasteiger partial charge in [0.05, 0.1) is 54.6 Å². The molecule has 1 saturated heterocycles. The summed E-state index contributed by atoms with van der Waals surface area (Å²) < 4.78 is 38.4. The number of rotatable bonds is 19. The van der Waals surface area contributed by atoms with E-state index in [1.807, 2.05) is 60.5 Å². The van der Waals surface area contributed by atoms with Gasteiger partial charge in [0.15, 0.2) is 0 Å². The maximum absolute atomic E-state index is 14.2. The average Bonchev–Trinajstić information content (AvgIpc) is 3.56. The van der Waals surface area contributed by atoms with Crippen LogP contribution < -0.4 is 15.4 Å². The number of hydrogen-bond acceptors (Lipinski definition) is 10. The van der Waals surface area contributed by atoms with Crippen molar-refractivity contribution in [2.24, 2.45) is 23.7 Å². The number of hydrogen-bond donors (Lipinski definition) is 2. The first-order valence-electron chi connectivity index (χ1n) is 18.6. The van der Waals surface area contributed by atoms with Gasteiger partial charge in [-0.3, -0.25) is 24.1 Å². The van der Waals surface area contributed by atoms with Crippen LogP contribution in [0.25, 0.3) is 0 Å². The Balaban J connectivity index is 2.37. The smallest absolute Gasteiger partial charge is 0.246 e. The summed E-state index contributed by atoms with van der Waals surface area (Å²) in [5.41, 5.74) is 6.38. The van der Waals surface area contributed by atoms with Gasteiger partial charge >= 0.3 is 0 Å². The molecule has 1 aliphatic heterocycles. The van der Waals surface area contributed by atoms with Crippen molar-refractivity contribution in [2.45, 2.75) is 111 Å². The molecule has 0 saturated carbocycles. The van der Waals surface area contributed by atoms with Crippen LogP contribution in [0.1, 0.15) is 74.1 Å². The standard InChI is InChI=1S/C38H66N6O8S/c1-14-25(6)34(42(10)38(48)32(23(2)3)40-36(46)33(24(4)5)41(8)9)30(51-11)22-31(45)43-21-15-16-29(43)35(52-12)26(7)37(47)44(53(13,49)50)28-19-17-27(39)18-20-28/h17-20,23-26,29-30,32-35H,14-16,21-22,39H2,1-13H3,(H,40,46)/t25-,26+,29-,30+,32-,33-,34-,35+/m0/s1. The zero-order valence-electron chi connectivity index (χ0n) is 34.2. The fraction of sp³-hybridized carbons (Fsp3) is 0.737. The number of sulfonamides is 1. The summed E-state index contributed by atoms with van der Waals surface area (Å²) in [6, 6.07) is 3.76. The van der Waals surface area contributed by atoms with Crippen LogP contribution in [0.3, 0.4) is 0 Å². The molecule has 0 unspecified atom stereocenters. The van der Waals surface area contributed by atoms with E-state index in [1.54, 1.807) is 23.8 Å². The lowest BCUT2D eigenvalue weighted by atomic mass is 9.89. The number of benzene rings is 1. The molecule has 302 valence electrons. The quantitative estimate of drug-likeness (QED) is 0.199. The zero-order valence-corrected chi connectivity index (χ0v) is 35.0. The minimum atomic E-state index is -4.02. The number of carbonyl (C=O) groups excluding carboxylic acids is 4. The molecule has 4 amide bonds. The van der Waals surface area contributed by atoms with Gasteiger partial charge in [0, 0.05) is 33.5 Å². The van der Waals surface area contributed by atoms with Gasteiger partial charge in [-0.1, -0.05) is 54.9 Å². The van der Waals surface area contributed by atoms with Gasteiger partial charge in [-0.25, -0.2) is 12.7 Å². The summed E-state index contributed by atoms with van der Waals surface area (Å²) in [6.07, 6.45) is 1.33. The molecule has 0 aliphatic carbocycles. The van der Waals surface area contributed by atoms with E-state index in [2.05, 4.69) is 5.32 Å². The lowest BCUT2D eigenvalue weighted by Crippen LogP contribution is -2.59. The molecular formula is C38H66N6O8S. The van der Waals surface area contributed by atoms with Gasteiger partial charge in [-0.05, 0) is 69.0 Å². The van der Waals surface area contributed by atoms with Crippen LogP contribution in [-0.2, 0) is 38.7 Å². The monoisotopic (exact) mass is 766 g/mol. The van der Waals surface area contributed by atoms with Gasteiger partial charge in [-0.2, -0.15) is 0 Å². The van der Waals surface area contributed by atoms with Crippen LogP contribution in [0.5, 0.6) is 0 Å². The summed E-state index contributed by atoms with van der Waals surface area (Å²) >= 11 is 0. The number of nitrogens with two attached hydrogens (primary N) is 1. The van der Waals surface area contributed by atoms with E-state index < -0.39 is 58.2 Å². The average molecular weight is 767 g/mol. The third-order valence-electron chi connectivity index (χ3n) is 10.6. The minimum absolute atomic E-state index is 0.0259. The van der Waals surface area contributed by atoms with Gasteiger partial charge in [0.25, 0.3) is 0 Å². The van der Waals surface area contributed by atoms with Crippen LogP contribution in [0.15, 0.2) is 24.3 Å². The predicted octanol–water partition coefficient (Wildman–Crippen LogP) is 3.21. The molecular weight excluding hydrogens is 701 g/mol. The molecule has 8 atom stereocenters. The molecule has 53 heavy (non-hydrogen) atoms. The lowest BCUT2D eigenvalue weighted by molar-refractivity contribution is -0.147. The number of amides is 4. The Morgan fingerprint density at radius 1 is 0.943 bits per heavy atom. The first-order chi connectivity index (χ1) is 24.6. The molecule has 0 radical (unpaired) electrons. The van der Waals surface area contributed by atoms with Crippen molar-refractivity contribution < 1.29 is 37.1 Å². The molecule has 2 rings (SSSR count). The Labute approximate surface area is 318 Å². The Morgan fingerprint density at radius 2 is 1.53 bits per heavy atom. The Hall–Kier alpha value is -3.27. The highest BCUT2D eigenvalue weighted by molar-refractivity contribution is 7.92. The summed E-state index contributed by atoms with van der Waals surface area (Å²) in [6.45, 7) is 13.8. The van der Waals surface area contributed by atoms with E-state index in [4.69, 9.17) is 15.2 Å². The van der Waals surface area contributed by atoms with Crippen LogP contribution in [0.2, 0.25) is 0 Å². The maximum Gasteiger partial charge on any atom is 0.246 e. The number of nitrogens with one attached hydrogen (secondary N) is 1. The number of anilines is 2. The normalized spacial score (nSPS) is 19.0. The van der Waals surface area contributed by atoms with Crippen molar-refractivity contribution in [1.82, 2.24) is 20.0 Å². The van der Waals surface area contributed by atoms with Gasteiger partial charge in [0.2, 0.25) is 33.7 Å². The molecule has 0 aromatic heterocycles. The molecule has 1 fully saturated rings. The highest BCUT2D eigenvalue weighted by Crippen LogP contribution is 2.31. The third kappa shape index (κ3) is 11.4.